The van der Waals surface area contributed by atoms with Crippen LogP contribution in [0.25, 0.3) is 0 Å². The van der Waals surface area contributed by atoms with Gasteiger partial charge in [0.15, 0.2) is 6.29 Å². The summed E-state index contributed by atoms with van der Waals surface area (Å²) in [7, 11) is 0. The Morgan fingerprint density at radius 2 is 2.41 bits per heavy atom. The van der Waals surface area contributed by atoms with Crippen molar-refractivity contribution in [3.05, 3.63) is 9.30 Å². The monoisotopic (exact) mass is 321 g/mol. The molecule has 1 aromatic heterocycles. The molecule has 4 nitrogen and oxygen atoms in total. The van der Waals surface area contributed by atoms with Crippen LogP contribution in [0, 0.1) is 0 Å². The molecule has 0 spiro atoms. The van der Waals surface area contributed by atoms with Crippen molar-refractivity contribution in [2.75, 3.05) is 19.8 Å². The second-order valence-corrected chi connectivity index (χ2v) is 5.97. The zero-order valence-electron chi connectivity index (χ0n) is 9.56. The summed E-state index contributed by atoms with van der Waals surface area (Å²) in [4.78, 5) is 4.09. The van der Waals surface area contributed by atoms with Crippen molar-refractivity contribution in [2.45, 2.75) is 32.0 Å². The van der Waals surface area contributed by atoms with Crippen LogP contribution < -0.4 is 4.74 Å². The van der Waals surface area contributed by atoms with Crippen LogP contribution in [-0.4, -0.2) is 31.1 Å². The Morgan fingerprint density at radius 1 is 1.47 bits per heavy atom. The zero-order valence-corrected chi connectivity index (χ0v) is 12.0. The second kappa shape index (κ2) is 7.31. The van der Waals surface area contributed by atoms with E-state index in [1.54, 1.807) is 5.51 Å². The Balaban J connectivity index is 1.53. The van der Waals surface area contributed by atoms with E-state index in [0.717, 1.165) is 29.7 Å². The van der Waals surface area contributed by atoms with Crippen LogP contribution in [0.3, 0.4) is 0 Å². The van der Waals surface area contributed by atoms with Crippen molar-refractivity contribution in [3.63, 3.8) is 0 Å². The highest BCUT2D eigenvalue weighted by molar-refractivity contribution is 9.11. The van der Waals surface area contributed by atoms with Gasteiger partial charge >= 0.3 is 0 Å². The first-order valence-corrected chi connectivity index (χ1v) is 7.48. The maximum Gasteiger partial charge on any atom is 0.239 e. The second-order valence-electron chi connectivity index (χ2n) is 3.80. The predicted octanol–water partition coefficient (Wildman–Crippen LogP) is 3.22. The maximum atomic E-state index is 5.60. The van der Waals surface area contributed by atoms with Gasteiger partial charge in [-0.15, -0.1) is 11.3 Å². The number of nitrogens with zero attached hydrogens (tertiary/aromatic N) is 1. The smallest absolute Gasteiger partial charge is 0.239 e. The van der Waals surface area contributed by atoms with Gasteiger partial charge in [-0.1, -0.05) is 0 Å². The number of ether oxygens (including phenoxy) is 3. The van der Waals surface area contributed by atoms with Gasteiger partial charge in [0.1, 0.15) is 3.79 Å². The lowest BCUT2D eigenvalue weighted by Gasteiger charge is -2.22. The molecule has 0 bridgehead atoms. The fourth-order valence-corrected chi connectivity index (χ4v) is 2.52. The van der Waals surface area contributed by atoms with Gasteiger partial charge in [0.25, 0.3) is 0 Å². The third-order valence-corrected chi connectivity index (χ3v) is 3.96. The summed E-state index contributed by atoms with van der Waals surface area (Å²) in [6, 6.07) is 0. The van der Waals surface area contributed by atoms with Crippen LogP contribution in [0.4, 0.5) is 0 Å². The Kier molecular flexibility index (Phi) is 5.70. The molecule has 1 aliphatic rings. The number of hydrogen-bond donors (Lipinski definition) is 0. The Morgan fingerprint density at radius 3 is 3.12 bits per heavy atom. The molecule has 1 atom stereocenters. The quantitative estimate of drug-likeness (QED) is 0.754. The number of hydrogen-bond acceptors (Lipinski definition) is 5. The molecule has 0 saturated carbocycles. The molecule has 1 saturated heterocycles. The molecule has 6 heteroatoms. The average Bonchev–Trinajstić information content (AvgIpc) is 2.76. The van der Waals surface area contributed by atoms with E-state index in [1.165, 1.54) is 17.8 Å². The minimum Gasteiger partial charge on any atom is -0.476 e. The van der Waals surface area contributed by atoms with Gasteiger partial charge in [0.2, 0.25) is 5.88 Å². The van der Waals surface area contributed by atoms with Gasteiger partial charge in [-0.3, -0.25) is 0 Å². The van der Waals surface area contributed by atoms with Crippen molar-refractivity contribution in [1.82, 2.24) is 4.98 Å². The molecule has 0 radical (unpaired) electrons. The summed E-state index contributed by atoms with van der Waals surface area (Å²) in [5.74, 6) is 0.670. The minimum absolute atomic E-state index is 0.00485. The third-order valence-electron chi connectivity index (χ3n) is 2.46. The molecule has 2 heterocycles. The molecule has 1 aromatic rings. The number of rotatable bonds is 6. The molecule has 17 heavy (non-hydrogen) atoms. The highest BCUT2D eigenvalue weighted by Gasteiger charge is 2.13. The number of halogens is 1. The molecule has 1 fully saturated rings. The standard InChI is InChI=1S/C11H16BrNO3S/c12-10-11(13-8-17-10)16-7-3-6-15-9-4-1-2-5-14-9/h8-9H,1-7H2. The molecule has 0 N–H and O–H groups in total. The zero-order chi connectivity index (χ0) is 11.9. The first-order chi connectivity index (χ1) is 8.36. The van der Waals surface area contributed by atoms with Gasteiger partial charge in [-0.25, -0.2) is 4.98 Å². The largest absolute Gasteiger partial charge is 0.476 e. The Hall–Kier alpha value is -0.170. The highest BCUT2D eigenvalue weighted by atomic mass is 79.9. The highest BCUT2D eigenvalue weighted by Crippen LogP contribution is 2.27. The summed E-state index contributed by atoms with van der Waals surface area (Å²) in [5.41, 5.74) is 1.76. The fourth-order valence-electron chi connectivity index (χ4n) is 1.60. The molecular weight excluding hydrogens is 306 g/mol. The Labute approximate surface area is 113 Å². The normalized spacial score (nSPS) is 20.4. The Bertz CT molecular complexity index is 328. The van der Waals surface area contributed by atoms with Crippen LogP contribution in [0.5, 0.6) is 5.88 Å². The van der Waals surface area contributed by atoms with E-state index in [-0.39, 0.29) is 6.29 Å². The molecule has 1 unspecified atom stereocenters. The summed E-state index contributed by atoms with van der Waals surface area (Å²) in [5, 5.41) is 0. The molecular formula is C11H16BrNO3S. The van der Waals surface area contributed by atoms with E-state index in [9.17, 15) is 0 Å². The van der Waals surface area contributed by atoms with Gasteiger partial charge in [0, 0.05) is 13.0 Å². The summed E-state index contributed by atoms with van der Waals surface area (Å²) >= 11 is 4.90. The summed E-state index contributed by atoms with van der Waals surface area (Å²) in [6.07, 6.45) is 4.21. The lowest BCUT2D eigenvalue weighted by atomic mass is 10.2. The van der Waals surface area contributed by atoms with E-state index < -0.39 is 0 Å². The van der Waals surface area contributed by atoms with E-state index in [2.05, 4.69) is 20.9 Å². The van der Waals surface area contributed by atoms with Crippen LogP contribution >= 0.6 is 27.3 Å². The van der Waals surface area contributed by atoms with Gasteiger partial charge in [-0.05, 0) is 35.2 Å². The molecule has 0 aromatic carbocycles. The predicted molar refractivity (Wildman–Crippen MR) is 69.5 cm³/mol. The molecule has 1 aliphatic heterocycles. The summed E-state index contributed by atoms with van der Waals surface area (Å²) < 4.78 is 17.5. The van der Waals surface area contributed by atoms with Crippen LogP contribution in [-0.2, 0) is 9.47 Å². The summed E-state index contributed by atoms with van der Waals surface area (Å²) in [6.45, 7) is 2.12. The van der Waals surface area contributed by atoms with Crippen molar-refractivity contribution in [2.24, 2.45) is 0 Å². The number of thiazole rings is 1. The number of aromatic nitrogens is 1. The van der Waals surface area contributed by atoms with Crippen molar-refractivity contribution < 1.29 is 14.2 Å². The van der Waals surface area contributed by atoms with E-state index in [4.69, 9.17) is 14.2 Å². The molecule has 0 amide bonds. The fraction of sp³-hybridized carbons (Fsp3) is 0.727. The maximum absolute atomic E-state index is 5.60. The lowest BCUT2D eigenvalue weighted by Crippen LogP contribution is -2.23. The minimum atomic E-state index is -0.00485. The van der Waals surface area contributed by atoms with E-state index >= 15 is 0 Å². The van der Waals surface area contributed by atoms with Crippen LogP contribution in [0.2, 0.25) is 0 Å². The van der Waals surface area contributed by atoms with E-state index in [1.807, 2.05) is 0 Å². The van der Waals surface area contributed by atoms with Crippen molar-refractivity contribution in [3.8, 4) is 5.88 Å². The lowest BCUT2D eigenvalue weighted by molar-refractivity contribution is -0.163. The van der Waals surface area contributed by atoms with Crippen LogP contribution in [0.1, 0.15) is 25.7 Å². The van der Waals surface area contributed by atoms with Crippen molar-refractivity contribution >= 4 is 27.3 Å². The third kappa shape index (κ3) is 4.54. The van der Waals surface area contributed by atoms with Crippen LogP contribution in [0.15, 0.2) is 9.30 Å². The van der Waals surface area contributed by atoms with Crippen molar-refractivity contribution in [1.29, 1.82) is 0 Å². The SMILES string of the molecule is Brc1scnc1OCCCOC1CCCCO1. The first-order valence-electron chi connectivity index (χ1n) is 5.81. The average molecular weight is 322 g/mol. The van der Waals surface area contributed by atoms with Gasteiger partial charge in [0.05, 0.1) is 18.7 Å². The van der Waals surface area contributed by atoms with Gasteiger partial charge in [-0.2, -0.15) is 0 Å². The van der Waals surface area contributed by atoms with E-state index in [0.29, 0.717) is 19.1 Å². The molecule has 0 aliphatic carbocycles. The van der Waals surface area contributed by atoms with Gasteiger partial charge < -0.3 is 14.2 Å². The topological polar surface area (TPSA) is 40.6 Å². The molecule has 96 valence electrons. The molecule has 2 rings (SSSR count). The first kappa shape index (κ1) is 13.3.